The quantitative estimate of drug-likeness (QED) is 0.0899. The Morgan fingerprint density at radius 3 is 1.11 bits per heavy atom. The fraction of sp³-hybridized carbons (Fsp3) is 1.00. The SMILES string of the molecule is C1CNCCN1.OCCCCCCCCCCCBr.OCCCCCCCCCCCN1CCNCC1. The zero-order valence-electron chi connectivity index (χ0n) is 24.4. The van der Waals surface area contributed by atoms with Crippen LogP contribution in [0, 0.1) is 0 Å². The molecule has 2 saturated heterocycles. The molecule has 2 aliphatic heterocycles. The van der Waals surface area contributed by atoms with Gasteiger partial charge < -0.3 is 31.1 Å². The van der Waals surface area contributed by atoms with Crippen molar-refractivity contribution in [3.05, 3.63) is 0 Å². The number of unbranched alkanes of at least 4 members (excludes halogenated alkanes) is 16. The van der Waals surface area contributed by atoms with Crippen molar-refractivity contribution in [2.75, 3.05) is 77.4 Å². The maximum absolute atomic E-state index is 8.67. The average molecular weight is 594 g/mol. The van der Waals surface area contributed by atoms with E-state index in [1.165, 1.54) is 135 Å². The fourth-order valence-electron chi connectivity index (χ4n) is 4.67. The van der Waals surface area contributed by atoms with Crippen LogP contribution in [0.5, 0.6) is 0 Å². The van der Waals surface area contributed by atoms with Gasteiger partial charge in [-0.2, -0.15) is 0 Å². The summed E-state index contributed by atoms with van der Waals surface area (Å²) in [4.78, 5) is 2.59. The Labute approximate surface area is 239 Å². The summed E-state index contributed by atoms with van der Waals surface area (Å²) in [6.07, 6.45) is 23.6. The minimum Gasteiger partial charge on any atom is -0.396 e. The first kappa shape index (κ1) is 37.2. The Bertz CT molecular complexity index is 376. The second-order valence-corrected chi connectivity index (χ2v) is 11.4. The monoisotopic (exact) mass is 592 g/mol. The van der Waals surface area contributed by atoms with Gasteiger partial charge in [-0.1, -0.05) is 106 Å². The van der Waals surface area contributed by atoms with Gasteiger partial charge in [0.1, 0.15) is 0 Å². The van der Waals surface area contributed by atoms with Gasteiger partial charge in [0.15, 0.2) is 0 Å². The zero-order chi connectivity index (χ0) is 26.9. The molecule has 7 heteroatoms. The molecule has 0 atom stereocenters. The number of rotatable bonds is 21. The lowest BCUT2D eigenvalue weighted by atomic mass is 10.1. The summed E-state index contributed by atoms with van der Waals surface area (Å²) >= 11 is 3.44. The molecule has 5 N–H and O–H groups in total. The molecule has 0 spiro atoms. The van der Waals surface area contributed by atoms with Crippen LogP contribution in [0.2, 0.25) is 0 Å². The van der Waals surface area contributed by atoms with Crippen LogP contribution in [-0.4, -0.2) is 92.6 Å². The maximum atomic E-state index is 8.67. The first-order valence-corrected chi connectivity index (χ1v) is 17.1. The Hall–Kier alpha value is 0.240. The number of nitrogens with zero attached hydrogens (tertiary/aromatic N) is 1. The van der Waals surface area contributed by atoms with Crippen LogP contribution in [0.25, 0.3) is 0 Å². The molecule has 0 radical (unpaired) electrons. The highest BCUT2D eigenvalue weighted by molar-refractivity contribution is 9.09. The molecular weight excluding hydrogens is 528 g/mol. The summed E-state index contributed by atoms with van der Waals surface area (Å²) in [5, 5.41) is 28.2. The number of nitrogens with one attached hydrogen (secondary N) is 3. The first-order chi connectivity index (χ1) is 18.3. The molecule has 37 heavy (non-hydrogen) atoms. The van der Waals surface area contributed by atoms with E-state index < -0.39 is 0 Å². The minimum atomic E-state index is 0.366. The number of piperazine rings is 2. The summed E-state index contributed by atoms with van der Waals surface area (Å²) in [6.45, 7) is 11.4. The molecule has 2 fully saturated rings. The molecule has 2 heterocycles. The van der Waals surface area contributed by atoms with Crippen LogP contribution >= 0.6 is 15.9 Å². The van der Waals surface area contributed by atoms with Crippen molar-refractivity contribution in [3.8, 4) is 0 Å². The van der Waals surface area contributed by atoms with E-state index in [0.717, 1.165) is 44.4 Å². The van der Waals surface area contributed by atoms with Gasteiger partial charge in [-0.25, -0.2) is 0 Å². The van der Waals surface area contributed by atoms with Gasteiger partial charge >= 0.3 is 0 Å². The predicted octanol–water partition coefficient (Wildman–Crippen LogP) is 5.46. The van der Waals surface area contributed by atoms with Crippen LogP contribution < -0.4 is 16.0 Å². The third-order valence-electron chi connectivity index (χ3n) is 7.09. The van der Waals surface area contributed by atoms with Crippen molar-refractivity contribution in [2.24, 2.45) is 0 Å². The molecule has 0 saturated carbocycles. The molecule has 0 amide bonds. The topological polar surface area (TPSA) is 79.8 Å². The third-order valence-corrected chi connectivity index (χ3v) is 7.65. The normalized spacial score (nSPS) is 16.0. The molecule has 0 aromatic carbocycles. The van der Waals surface area contributed by atoms with Gasteiger partial charge in [-0.3, -0.25) is 0 Å². The zero-order valence-corrected chi connectivity index (χ0v) is 26.0. The number of aliphatic hydroxyl groups is 2. The van der Waals surface area contributed by atoms with Crippen molar-refractivity contribution in [2.45, 2.75) is 116 Å². The van der Waals surface area contributed by atoms with Crippen molar-refractivity contribution >= 4 is 15.9 Å². The molecule has 0 aromatic rings. The predicted molar refractivity (Wildman–Crippen MR) is 166 cm³/mol. The molecule has 0 unspecified atom stereocenters. The molecule has 0 aliphatic carbocycles. The van der Waals surface area contributed by atoms with Gasteiger partial charge in [0, 0.05) is 70.9 Å². The van der Waals surface area contributed by atoms with Gasteiger partial charge in [0.2, 0.25) is 0 Å². The molecule has 0 bridgehead atoms. The lowest BCUT2D eigenvalue weighted by Crippen LogP contribution is -2.43. The fourth-order valence-corrected chi connectivity index (χ4v) is 5.06. The summed E-state index contributed by atoms with van der Waals surface area (Å²) in [6, 6.07) is 0. The first-order valence-electron chi connectivity index (χ1n) is 16.0. The molecular formula is C30H65BrN4O2. The van der Waals surface area contributed by atoms with Crippen molar-refractivity contribution in [1.29, 1.82) is 0 Å². The summed E-state index contributed by atoms with van der Waals surface area (Å²) < 4.78 is 0. The number of hydrogen-bond donors (Lipinski definition) is 5. The highest BCUT2D eigenvalue weighted by Gasteiger charge is 2.07. The third kappa shape index (κ3) is 32.4. The van der Waals surface area contributed by atoms with E-state index in [1.54, 1.807) is 0 Å². The van der Waals surface area contributed by atoms with Crippen LogP contribution in [0.1, 0.15) is 116 Å². The van der Waals surface area contributed by atoms with E-state index in [2.05, 4.69) is 36.8 Å². The summed E-state index contributed by atoms with van der Waals surface area (Å²) in [5.41, 5.74) is 0. The summed E-state index contributed by atoms with van der Waals surface area (Å²) in [7, 11) is 0. The molecule has 0 aromatic heterocycles. The highest BCUT2D eigenvalue weighted by atomic mass is 79.9. The van der Waals surface area contributed by atoms with Gasteiger partial charge in [0.05, 0.1) is 0 Å². The van der Waals surface area contributed by atoms with E-state index in [4.69, 9.17) is 10.2 Å². The lowest BCUT2D eigenvalue weighted by molar-refractivity contribution is 0.236. The second kappa shape index (κ2) is 34.3. The summed E-state index contributed by atoms with van der Waals surface area (Å²) in [5.74, 6) is 0. The van der Waals surface area contributed by atoms with Crippen LogP contribution in [-0.2, 0) is 0 Å². The molecule has 224 valence electrons. The van der Waals surface area contributed by atoms with Crippen molar-refractivity contribution in [3.63, 3.8) is 0 Å². The van der Waals surface area contributed by atoms with Crippen LogP contribution in [0.15, 0.2) is 0 Å². The number of alkyl halides is 1. The van der Waals surface area contributed by atoms with E-state index in [1.807, 2.05) is 0 Å². The molecule has 6 nitrogen and oxygen atoms in total. The molecule has 2 aliphatic rings. The Morgan fingerprint density at radius 2 is 0.757 bits per heavy atom. The number of hydrogen-bond acceptors (Lipinski definition) is 6. The van der Waals surface area contributed by atoms with Crippen LogP contribution in [0.4, 0.5) is 0 Å². The molecule has 2 rings (SSSR count). The largest absolute Gasteiger partial charge is 0.396 e. The van der Waals surface area contributed by atoms with Gasteiger partial charge in [-0.15, -0.1) is 0 Å². The standard InChI is InChI=1S/C15H32N2O.C11H23BrO.C4H10N2/c18-15-9-7-5-3-1-2-4-6-8-12-17-13-10-16-11-14-17;12-10-8-6-4-2-1-3-5-7-9-11-13;1-2-6-4-3-5-1/h16,18H,1-15H2;13H,1-11H2;5-6H,1-4H2. The smallest absolute Gasteiger partial charge is 0.0431 e. The van der Waals surface area contributed by atoms with E-state index in [9.17, 15) is 0 Å². The van der Waals surface area contributed by atoms with E-state index in [-0.39, 0.29) is 0 Å². The van der Waals surface area contributed by atoms with E-state index in [0.29, 0.717) is 13.2 Å². The Balaban J connectivity index is 0.000000591. The van der Waals surface area contributed by atoms with Crippen molar-refractivity contribution < 1.29 is 10.2 Å². The van der Waals surface area contributed by atoms with E-state index >= 15 is 0 Å². The lowest BCUT2D eigenvalue weighted by Gasteiger charge is -2.27. The Morgan fingerprint density at radius 1 is 0.432 bits per heavy atom. The Kier molecular flexibility index (Phi) is 34.5. The highest BCUT2D eigenvalue weighted by Crippen LogP contribution is 2.11. The number of halogens is 1. The van der Waals surface area contributed by atoms with Crippen molar-refractivity contribution in [1.82, 2.24) is 20.9 Å². The number of aliphatic hydroxyl groups excluding tert-OH is 2. The maximum Gasteiger partial charge on any atom is 0.0431 e. The van der Waals surface area contributed by atoms with Gasteiger partial charge in [-0.05, 0) is 32.2 Å². The van der Waals surface area contributed by atoms with Gasteiger partial charge in [0.25, 0.3) is 0 Å². The van der Waals surface area contributed by atoms with Crippen LogP contribution in [0.3, 0.4) is 0 Å². The minimum absolute atomic E-state index is 0.366. The second-order valence-electron chi connectivity index (χ2n) is 10.6. The average Bonchev–Trinajstić information content (AvgIpc) is 2.95.